The van der Waals surface area contributed by atoms with Gasteiger partial charge in [0, 0.05) is 24.8 Å². The summed E-state index contributed by atoms with van der Waals surface area (Å²) in [6, 6.07) is 12.2. The van der Waals surface area contributed by atoms with E-state index >= 15 is 0 Å². The predicted molar refractivity (Wildman–Crippen MR) is 89.2 cm³/mol. The van der Waals surface area contributed by atoms with Gasteiger partial charge in [-0.3, -0.25) is 0 Å². The summed E-state index contributed by atoms with van der Waals surface area (Å²) in [7, 11) is 0. The fourth-order valence-corrected chi connectivity index (χ4v) is 3.31. The second kappa shape index (κ2) is 5.70. The van der Waals surface area contributed by atoms with Gasteiger partial charge in [0.15, 0.2) is 0 Å². The molecule has 1 aromatic carbocycles. The fraction of sp³-hybridized carbons (Fsp3) is 0.250. The van der Waals surface area contributed by atoms with Crippen molar-refractivity contribution in [1.82, 2.24) is 14.6 Å². The van der Waals surface area contributed by atoms with Gasteiger partial charge in [0.2, 0.25) is 5.95 Å². The molecule has 1 aliphatic rings. The second-order valence-electron chi connectivity index (χ2n) is 5.17. The van der Waals surface area contributed by atoms with Crippen molar-refractivity contribution in [2.24, 2.45) is 0 Å². The van der Waals surface area contributed by atoms with E-state index in [2.05, 4.69) is 37.9 Å². The fourth-order valence-electron chi connectivity index (χ4n) is 2.70. The van der Waals surface area contributed by atoms with Gasteiger partial charge >= 0.3 is 0 Å². The van der Waals surface area contributed by atoms with Crippen LogP contribution in [-0.2, 0) is 4.74 Å². The number of ether oxygens (including phenoxy) is 1. The van der Waals surface area contributed by atoms with Crippen molar-refractivity contribution in [3.63, 3.8) is 0 Å². The molecule has 0 amide bonds. The first-order valence-electron chi connectivity index (χ1n) is 7.26. The SMILES string of the molecule is Brc1c(-c2ccccc2)nn2c(N3CCOCC3)nccc12. The highest BCUT2D eigenvalue weighted by atomic mass is 79.9. The second-order valence-corrected chi connectivity index (χ2v) is 5.96. The molecule has 1 saturated heterocycles. The van der Waals surface area contributed by atoms with Gasteiger partial charge in [0.25, 0.3) is 0 Å². The van der Waals surface area contributed by atoms with E-state index < -0.39 is 0 Å². The Morgan fingerprint density at radius 1 is 1.05 bits per heavy atom. The van der Waals surface area contributed by atoms with Gasteiger partial charge < -0.3 is 9.64 Å². The van der Waals surface area contributed by atoms with Gasteiger partial charge in [0.1, 0.15) is 5.69 Å². The van der Waals surface area contributed by atoms with Crippen molar-refractivity contribution >= 4 is 27.4 Å². The van der Waals surface area contributed by atoms with E-state index in [-0.39, 0.29) is 0 Å². The summed E-state index contributed by atoms with van der Waals surface area (Å²) in [5.41, 5.74) is 3.05. The lowest BCUT2D eigenvalue weighted by Crippen LogP contribution is -2.38. The summed E-state index contributed by atoms with van der Waals surface area (Å²) in [4.78, 5) is 6.74. The highest BCUT2D eigenvalue weighted by Crippen LogP contribution is 2.32. The lowest BCUT2D eigenvalue weighted by atomic mass is 10.1. The maximum Gasteiger partial charge on any atom is 0.227 e. The molecule has 1 fully saturated rings. The average Bonchev–Trinajstić information content (AvgIpc) is 2.94. The average molecular weight is 359 g/mol. The predicted octanol–water partition coefficient (Wildman–Crippen LogP) is 3.00. The van der Waals surface area contributed by atoms with Crippen LogP contribution >= 0.6 is 15.9 Å². The topological polar surface area (TPSA) is 42.7 Å². The molecule has 4 rings (SSSR count). The molecule has 0 saturated carbocycles. The minimum atomic E-state index is 0.728. The molecule has 0 aliphatic carbocycles. The van der Waals surface area contributed by atoms with Crippen LogP contribution < -0.4 is 4.90 Å². The minimum absolute atomic E-state index is 0.728. The maximum absolute atomic E-state index is 5.42. The molecule has 6 heteroatoms. The number of hydrogen-bond acceptors (Lipinski definition) is 4. The molecule has 0 spiro atoms. The number of fused-ring (bicyclic) bond motifs is 1. The third kappa shape index (κ3) is 2.28. The van der Waals surface area contributed by atoms with Crippen LogP contribution in [-0.4, -0.2) is 40.9 Å². The Labute approximate surface area is 136 Å². The van der Waals surface area contributed by atoms with Crippen LogP contribution in [0.15, 0.2) is 47.1 Å². The zero-order valence-corrected chi connectivity index (χ0v) is 13.5. The molecule has 0 bridgehead atoms. The zero-order valence-electron chi connectivity index (χ0n) is 11.9. The third-order valence-electron chi connectivity index (χ3n) is 3.81. The zero-order chi connectivity index (χ0) is 14.9. The van der Waals surface area contributed by atoms with Crippen molar-refractivity contribution in [2.45, 2.75) is 0 Å². The molecule has 0 N–H and O–H groups in total. The molecule has 22 heavy (non-hydrogen) atoms. The number of halogens is 1. The number of aromatic nitrogens is 3. The summed E-state index contributed by atoms with van der Waals surface area (Å²) in [6.07, 6.45) is 1.83. The van der Waals surface area contributed by atoms with E-state index in [1.165, 1.54) is 0 Å². The Bertz CT molecular complexity index is 797. The van der Waals surface area contributed by atoms with Crippen LogP contribution in [0.3, 0.4) is 0 Å². The van der Waals surface area contributed by atoms with Crippen molar-refractivity contribution in [1.29, 1.82) is 0 Å². The first-order valence-corrected chi connectivity index (χ1v) is 8.05. The van der Waals surface area contributed by atoms with E-state index in [0.29, 0.717) is 0 Å². The Morgan fingerprint density at radius 2 is 1.82 bits per heavy atom. The quantitative estimate of drug-likeness (QED) is 0.706. The minimum Gasteiger partial charge on any atom is -0.378 e. The highest BCUT2D eigenvalue weighted by Gasteiger charge is 2.19. The molecule has 5 nitrogen and oxygen atoms in total. The number of rotatable bonds is 2. The van der Waals surface area contributed by atoms with E-state index in [1.807, 2.05) is 35.0 Å². The molecule has 3 heterocycles. The Hall–Kier alpha value is -1.92. The van der Waals surface area contributed by atoms with Gasteiger partial charge in [-0.25, -0.2) is 4.98 Å². The van der Waals surface area contributed by atoms with Gasteiger partial charge in [-0.15, -0.1) is 0 Å². The molecular formula is C16H15BrN4O. The molecule has 2 aromatic heterocycles. The molecule has 0 atom stereocenters. The number of nitrogens with zero attached hydrogens (tertiary/aromatic N) is 4. The molecule has 112 valence electrons. The molecule has 3 aromatic rings. The highest BCUT2D eigenvalue weighted by molar-refractivity contribution is 9.10. The van der Waals surface area contributed by atoms with Crippen LogP contribution in [0.2, 0.25) is 0 Å². The van der Waals surface area contributed by atoms with Gasteiger partial charge in [0.05, 0.1) is 23.2 Å². The van der Waals surface area contributed by atoms with Crippen LogP contribution in [0.4, 0.5) is 5.95 Å². The standard InChI is InChI=1S/C16H15BrN4O/c17-14-13-6-7-18-16(20-8-10-22-11-9-20)21(13)19-15(14)12-4-2-1-3-5-12/h1-7H,8-11H2. The molecular weight excluding hydrogens is 344 g/mol. The molecule has 1 aliphatic heterocycles. The molecule has 0 unspecified atom stereocenters. The van der Waals surface area contributed by atoms with Crippen molar-refractivity contribution in [3.8, 4) is 11.3 Å². The number of hydrogen-bond donors (Lipinski definition) is 0. The van der Waals surface area contributed by atoms with Crippen LogP contribution in [0.25, 0.3) is 16.8 Å². The van der Waals surface area contributed by atoms with Crippen LogP contribution in [0.5, 0.6) is 0 Å². The summed E-state index contributed by atoms with van der Waals surface area (Å²) in [5, 5.41) is 4.78. The Balaban J connectivity index is 1.87. The lowest BCUT2D eigenvalue weighted by Gasteiger charge is -2.27. The van der Waals surface area contributed by atoms with E-state index in [1.54, 1.807) is 0 Å². The summed E-state index contributed by atoms with van der Waals surface area (Å²) >= 11 is 3.69. The largest absolute Gasteiger partial charge is 0.378 e. The van der Waals surface area contributed by atoms with Crippen molar-refractivity contribution in [3.05, 3.63) is 47.1 Å². The van der Waals surface area contributed by atoms with E-state index in [4.69, 9.17) is 9.84 Å². The number of benzene rings is 1. The van der Waals surface area contributed by atoms with Crippen molar-refractivity contribution in [2.75, 3.05) is 31.2 Å². The number of morpholine rings is 1. The first-order chi connectivity index (χ1) is 10.8. The number of anilines is 1. The summed E-state index contributed by atoms with van der Waals surface area (Å²) in [6.45, 7) is 3.13. The Kier molecular flexibility index (Phi) is 3.56. The van der Waals surface area contributed by atoms with Crippen molar-refractivity contribution < 1.29 is 4.74 Å². The van der Waals surface area contributed by atoms with Crippen LogP contribution in [0, 0.1) is 0 Å². The normalized spacial score (nSPS) is 15.4. The first kappa shape index (κ1) is 13.7. The molecule has 0 radical (unpaired) electrons. The van der Waals surface area contributed by atoms with E-state index in [0.717, 1.165) is 53.5 Å². The lowest BCUT2D eigenvalue weighted by molar-refractivity contribution is 0.122. The van der Waals surface area contributed by atoms with Crippen LogP contribution in [0.1, 0.15) is 0 Å². The Morgan fingerprint density at radius 3 is 2.59 bits per heavy atom. The monoisotopic (exact) mass is 358 g/mol. The van der Waals surface area contributed by atoms with E-state index in [9.17, 15) is 0 Å². The maximum atomic E-state index is 5.42. The smallest absolute Gasteiger partial charge is 0.227 e. The van der Waals surface area contributed by atoms with Gasteiger partial charge in [-0.1, -0.05) is 30.3 Å². The summed E-state index contributed by atoms with van der Waals surface area (Å²) in [5.74, 6) is 0.865. The third-order valence-corrected chi connectivity index (χ3v) is 4.60. The van der Waals surface area contributed by atoms with Gasteiger partial charge in [-0.2, -0.15) is 9.61 Å². The van der Waals surface area contributed by atoms with Gasteiger partial charge in [-0.05, 0) is 22.0 Å². The summed E-state index contributed by atoms with van der Waals surface area (Å²) < 4.78 is 8.33.